The van der Waals surface area contributed by atoms with Crippen molar-refractivity contribution in [2.24, 2.45) is 5.92 Å². The Morgan fingerprint density at radius 2 is 2.00 bits per heavy atom. The number of aryl methyl sites for hydroxylation is 1. The number of hydrogen-bond donors (Lipinski definition) is 0. The van der Waals surface area contributed by atoms with Crippen LogP contribution in [0.1, 0.15) is 47.2 Å². The molecule has 1 atom stereocenters. The highest BCUT2D eigenvalue weighted by Gasteiger charge is 2.35. The van der Waals surface area contributed by atoms with Crippen molar-refractivity contribution < 1.29 is 19.1 Å². The lowest BCUT2D eigenvalue weighted by atomic mass is 10.0. The first-order valence-electron chi connectivity index (χ1n) is 10.3. The number of ether oxygens (including phenoxy) is 2. The third-order valence-corrected chi connectivity index (χ3v) is 5.98. The Kier molecular flexibility index (Phi) is 4.49. The van der Waals surface area contributed by atoms with E-state index < -0.39 is 6.10 Å². The van der Waals surface area contributed by atoms with Gasteiger partial charge in [-0.15, -0.1) is 0 Å². The molecule has 3 aliphatic rings. The van der Waals surface area contributed by atoms with E-state index in [9.17, 15) is 9.59 Å². The van der Waals surface area contributed by atoms with Crippen LogP contribution >= 0.6 is 0 Å². The van der Waals surface area contributed by atoms with E-state index in [1.807, 2.05) is 19.1 Å². The molecule has 5 rings (SSSR count). The summed E-state index contributed by atoms with van der Waals surface area (Å²) in [4.78, 5) is 31.1. The van der Waals surface area contributed by atoms with Gasteiger partial charge in [0.25, 0.3) is 5.91 Å². The molecule has 2 heterocycles. The number of nitrogens with zero attached hydrogens (tertiary/aromatic N) is 2. The standard InChI is InChI=1S/C23H24N2O4/c1-14-10-16(11-19-18(14)5-6-20(19)26)25-9-8-21(23(25)27)29-17-4-7-22(24-12-17)28-13-15-2-3-15/h4,7,10-12,15,21H,2-3,5-6,8-9,13H2,1H3/t21-/m1/s1. The Balaban J connectivity index is 1.26. The second-order valence-electron chi connectivity index (χ2n) is 8.18. The van der Waals surface area contributed by atoms with E-state index in [2.05, 4.69) is 4.98 Å². The van der Waals surface area contributed by atoms with Gasteiger partial charge < -0.3 is 14.4 Å². The zero-order valence-corrected chi connectivity index (χ0v) is 16.5. The Bertz CT molecular complexity index is 966. The number of fused-ring (bicyclic) bond motifs is 1. The number of aromatic nitrogens is 1. The molecule has 2 fully saturated rings. The number of anilines is 1. The van der Waals surface area contributed by atoms with Crippen molar-refractivity contribution in [2.75, 3.05) is 18.1 Å². The first-order valence-corrected chi connectivity index (χ1v) is 10.3. The van der Waals surface area contributed by atoms with E-state index in [1.165, 1.54) is 12.8 Å². The lowest BCUT2D eigenvalue weighted by Crippen LogP contribution is -2.32. The number of rotatable bonds is 6. The van der Waals surface area contributed by atoms with Crippen molar-refractivity contribution in [3.8, 4) is 11.6 Å². The Morgan fingerprint density at radius 3 is 2.76 bits per heavy atom. The van der Waals surface area contributed by atoms with Crippen molar-refractivity contribution >= 4 is 17.4 Å². The van der Waals surface area contributed by atoms with Crippen molar-refractivity contribution in [1.29, 1.82) is 0 Å². The van der Waals surface area contributed by atoms with E-state index >= 15 is 0 Å². The maximum absolute atomic E-state index is 12.9. The SMILES string of the molecule is Cc1cc(N2CC[C@@H](Oc3ccc(OCC4CC4)nc3)C2=O)cc2c1CCC2=O. The van der Waals surface area contributed by atoms with Crippen molar-refractivity contribution in [2.45, 2.75) is 45.1 Å². The molecule has 0 bridgehead atoms. The van der Waals surface area contributed by atoms with Gasteiger partial charge in [0.05, 0.1) is 12.8 Å². The van der Waals surface area contributed by atoms with E-state index in [1.54, 1.807) is 23.2 Å². The fourth-order valence-corrected chi connectivity index (χ4v) is 4.10. The molecule has 2 aliphatic carbocycles. The summed E-state index contributed by atoms with van der Waals surface area (Å²) < 4.78 is 11.5. The first-order chi connectivity index (χ1) is 14.1. The molecular formula is C23H24N2O4. The molecule has 1 aromatic heterocycles. The number of hydrogen-bond acceptors (Lipinski definition) is 5. The summed E-state index contributed by atoms with van der Waals surface area (Å²) in [5.74, 6) is 1.91. The predicted molar refractivity (Wildman–Crippen MR) is 108 cm³/mol. The molecule has 1 amide bonds. The van der Waals surface area contributed by atoms with Gasteiger partial charge in [-0.3, -0.25) is 9.59 Å². The highest BCUT2D eigenvalue weighted by Crippen LogP contribution is 2.33. The number of carbonyl (C=O) groups is 2. The van der Waals surface area contributed by atoms with Crippen LogP contribution in [0.15, 0.2) is 30.5 Å². The molecule has 0 unspecified atom stereocenters. The van der Waals surface area contributed by atoms with E-state index in [4.69, 9.17) is 9.47 Å². The number of benzene rings is 1. The Morgan fingerprint density at radius 1 is 1.14 bits per heavy atom. The number of carbonyl (C=O) groups excluding carboxylic acids is 2. The van der Waals surface area contributed by atoms with Gasteiger partial charge in [-0.25, -0.2) is 4.98 Å². The zero-order chi connectivity index (χ0) is 20.0. The van der Waals surface area contributed by atoms with E-state index in [0.717, 1.165) is 28.8 Å². The average Bonchev–Trinajstić information content (AvgIpc) is 3.38. The molecule has 1 saturated carbocycles. The Labute approximate surface area is 169 Å². The molecule has 29 heavy (non-hydrogen) atoms. The van der Waals surface area contributed by atoms with Gasteiger partial charge in [0.1, 0.15) is 5.75 Å². The monoisotopic (exact) mass is 392 g/mol. The van der Waals surface area contributed by atoms with Crippen LogP contribution < -0.4 is 14.4 Å². The minimum atomic E-state index is -0.542. The highest BCUT2D eigenvalue weighted by atomic mass is 16.5. The van der Waals surface area contributed by atoms with Gasteiger partial charge in [0.2, 0.25) is 5.88 Å². The number of ketones is 1. The van der Waals surface area contributed by atoms with Crippen LogP contribution in [0, 0.1) is 12.8 Å². The molecule has 0 N–H and O–H groups in total. The molecule has 1 aromatic carbocycles. The summed E-state index contributed by atoms with van der Waals surface area (Å²) in [6.07, 6.45) is 5.50. The molecule has 6 heteroatoms. The highest BCUT2D eigenvalue weighted by molar-refractivity contribution is 6.04. The van der Waals surface area contributed by atoms with Crippen molar-refractivity contribution in [3.63, 3.8) is 0 Å². The smallest absolute Gasteiger partial charge is 0.268 e. The lowest BCUT2D eigenvalue weighted by Gasteiger charge is -2.19. The second-order valence-corrected chi connectivity index (χ2v) is 8.18. The molecule has 6 nitrogen and oxygen atoms in total. The summed E-state index contributed by atoms with van der Waals surface area (Å²) in [5.41, 5.74) is 3.75. The normalized spacial score (nSPS) is 20.9. The zero-order valence-electron chi connectivity index (χ0n) is 16.5. The van der Waals surface area contributed by atoms with Gasteiger partial charge in [-0.05, 0) is 61.4 Å². The predicted octanol–water partition coefficient (Wildman–Crippen LogP) is 3.49. The fraction of sp³-hybridized carbons (Fsp3) is 0.435. The summed E-state index contributed by atoms with van der Waals surface area (Å²) in [6.45, 7) is 3.30. The van der Waals surface area contributed by atoms with Crippen LogP contribution in [0.4, 0.5) is 5.69 Å². The molecule has 0 spiro atoms. The third-order valence-electron chi connectivity index (χ3n) is 5.98. The average molecular weight is 392 g/mol. The summed E-state index contributed by atoms with van der Waals surface area (Å²) in [7, 11) is 0. The Hall–Kier alpha value is -2.89. The quantitative estimate of drug-likeness (QED) is 0.753. The molecule has 0 radical (unpaired) electrons. The van der Waals surface area contributed by atoms with Gasteiger partial charge >= 0.3 is 0 Å². The van der Waals surface area contributed by atoms with E-state index in [-0.39, 0.29) is 11.7 Å². The van der Waals surface area contributed by atoms with Gasteiger partial charge in [0, 0.05) is 36.7 Å². The van der Waals surface area contributed by atoms with Gasteiger partial charge in [-0.2, -0.15) is 0 Å². The minimum Gasteiger partial charge on any atom is -0.479 e. The lowest BCUT2D eigenvalue weighted by molar-refractivity contribution is -0.122. The molecule has 1 saturated heterocycles. The second kappa shape index (κ2) is 7.17. The van der Waals surface area contributed by atoms with Gasteiger partial charge in [-0.1, -0.05) is 0 Å². The molecule has 2 aromatic rings. The fourth-order valence-electron chi connectivity index (χ4n) is 4.10. The maximum atomic E-state index is 12.9. The van der Waals surface area contributed by atoms with Gasteiger partial charge in [0.15, 0.2) is 11.9 Å². The molecular weight excluding hydrogens is 368 g/mol. The van der Waals surface area contributed by atoms with E-state index in [0.29, 0.717) is 43.5 Å². The first kappa shape index (κ1) is 18.2. The number of pyridine rings is 1. The summed E-state index contributed by atoms with van der Waals surface area (Å²) in [6, 6.07) is 7.45. The van der Waals surface area contributed by atoms with Crippen LogP contribution in [-0.2, 0) is 11.2 Å². The minimum absolute atomic E-state index is 0.0798. The van der Waals surface area contributed by atoms with Crippen LogP contribution in [0.3, 0.4) is 0 Å². The maximum Gasteiger partial charge on any atom is 0.268 e. The van der Waals surface area contributed by atoms with Crippen LogP contribution in [-0.4, -0.2) is 35.9 Å². The molecule has 1 aliphatic heterocycles. The van der Waals surface area contributed by atoms with Crippen molar-refractivity contribution in [1.82, 2.24) is 4.98 Å². The molecule has 150 valence electrons. The number of Topliss-reactive ketones (excluding diaryl/α,β-unsaturated/α-hetero) is 1. The topological polar surface area (TPSA) is 68.7 Å². The summed E-state index contributed by atoms with van der Waals surface area (Å²) >= 11 is 0. The van der Waals surface area contributed by atoms with Crippen LogP contribution in [0.25, 0.3) is 0 Å². The van der Waals surface area contributed by atoms with Crippen molar-refractivity contribution in [3.05, 3.63) is 47.2 Å². The summed E-state index contributed by atoms with van der Waals surface area (Å²) in [5, 5.41) is 0. The number of amides is 1. The van der Waals surface area contributed by atoms with Crippen LogP contribution in [0.5, 0.6) is 11.6 Å². The van der Waals surface area contributed by atoms with Crippen LogP contribution in [0.2, 0.25) is 0 Å². The third kappa shape index (κ3) is 3.59. The largest absolute Gasteiger partial charge is 0.479 e.